The van der Waals surface area contributed by atoms with Crippen molar-refractivity contribution in [3.63, 3.8) is 0 Å². The average Bonchev–Trinajstić information content (AvgIpc) is 3.42. The van der Waals surface area contributed by atoms with Gasteiger partial charge in [-0.05, 0) is 18.2 Å². The van der Waals surface area contributed by atoms with E-state index < -0.39 is 10.0 Å². The summed E-state index contributed by atoms with van der Waals surface area (Å²) in [5.41, 5.74) is 1.80. The Hall–Kier alpha value is -4.11. The number of methoxy groups -OCH3 is 1. The number of nitriles is 1. The van der Waals surface area contributed by atoms with Crippen molar-refractivity contribution in [2.75, 3.05) is 29.8 Å². The smallest absolute Gasteiger partial charge is 0.265 e. The van der Waals surface area contributed by atoms with Gasteiger partial charge in [0.15, 0.2) is 5.82 Å². The van der Waals surface area contributed by atoms with Gasteiger partial charge >= 0.3 is 0 Å². The number of rotatable bonds is 6. The summed E-state index contributed by atoms with van der Waals surface area (Å²) in [6.45, 7) is 1.31. The van der Waals surface area contributed by atoms with Crippen LogP contribution >= 0.6 is 0 Å². The van der Waals surface area contributed by atoms with Crippen LogP contribution in [0.2, 0.25) is 0 Å². The second kappa shape index (κ2) is 7.79. The van der Waals surface area contributed by atoms with Crippen molar-refractivity contribution in [3.8, 4) is 17.6 Å². The number of pyridine rings is 1. The fourth-order valence-corrected chi connectivity index (χ4v) is 4.79. The Balaban J connectivity index is 1.45. The van der Waals surface area contributed by atoms with E-state index in [0.29, 0.717) is 35.9 Å². The summed E-state index contributed by atoms with van der Waals surface area (Å²) >= 11 is 0. The molecule has 0 bridgehead atoms. The highest BCUT2D eigenvalue weighted by Gasteiger charge is 2.27. The van der Waals surface area contributed by atoms with Crippen LogP contribution in [0.25, 0.3) is 16.7 Å². The molecule has 1 aromatic carbocycles. The molecule has 3 aromatic heterocycles. The minimum absolute atomic E-state index is 0.0232. The molecule has 0 aliphatic carbocycles. The van der Waals surface area contributed by atoms with Crippen molar-refractivity contribution in [2.45, 2.75) is 4.90 Å². The molecule has 1 saturated heterocycles. The molecule has 33 heavy (non-hydrogen) atoms. The van der Waals surface area contributed by atoms with Gasteiger partial charge in [0.25, 0.3) is 10.0 Å². The van der Waals surface area contributed by atoms with Crippen molar-refractivity contribution in [1.29, 1.82) is 5.26 Å². The van der Waals surface area contributed by atoms with Crippen molar-refractivity contribution in [2.24, 2.45) is 13.0 Å². The zero-order valence-electron chi connectivity index (χ0n) is 17.9. The van der Waals surface area contributed by atoms with Gasteiger partial charge in [-0.2, -0.15) is 15.5 Å². The van der Waals surface area contributed by atoms with Crippen molar-refractivity contribution in [3.05, 3.63) is 49.1 Å². The highest BCUT2D eigenvalue weighted by molar-refractivity contribution is 7.92. The molecule has 0 saturated carbocycles. The van der Waals surface area contributed by atoms with Crippen LogP contribution in [0.5, 0.6) is 5.75 Å². The number of anilines is 2. The number of ether oxygens (including phenoxy) is 1. The molecule has 1 fully saturated rings. The molecule has 1 aliphatic heterocycles. The van der Waals surface area contributed by atoms with Gasteiger partial charge in [0.1, 0.15) is 16.3 Å². The maximum absolute atomic E-state index is 13.2. The van der Waals surface area contributed by atoms with Crippen LogP contribution in [0.15, 0.2) is 53.9 Å². The monoisotopic (exact) mass is 464 g/mol. The first-order valence-corrected chi connectivity index (χ1v) is 11.5. The number of hydrogen-bond acceptors (Lipinski definition) is 8. The summed E-state index contributed by atoms with van der Waals surface area (Å²) in [6, 6.07) is 9.40. The Morgan fingerprint density at radius 3 is 2.79 bits per heavy atom. The van der Waals surface area contributed by atoms with Crippen LogP contribution in [0.1, 0.15) is 0 Å². The van der Waals surface area contributed by atoms with E-state index in [1.165, 1.54) is 24.2 Å². The largest absolute Gasteiger partial charge is 0.494 e. The molecule has 0 unspecified atom stereocenters. The first-order chi connectivity index (χ1) is 15.9. The number of aryl methyl sites for hydroxylation is 1. The van der Waals surface area contributed by atoms with Gasteiger partial charge in [-0.15, -0.1) is 0 Å². The third kappa shape index (κ3) is 3.62. The second-order valence-corrected chi connectivity index (χ2v) is 9.36. The number of nitrogens with zero attached hydrogens (tertiary/aromatic N) is 7. The molecule has 1 N–H and O–H groups in total. The molecule has 4 aromatic rings. The highest BCUT2D eigenvalue weighted by Crippen LogP contribution is 2.34. The molecule has 12 heteroatoms. The lowest BCUT2D eigenvalue weighted by atomic mass is 10.0. The summed E-state index contributed by atoms with van der Waals surface area (Å²) in [6.07, 6.45) is 5.95. The van der Waals surface area contributed by atoms with Gasteiger partial charge in [0.2, 0.25) is 0 Å². The van der Waals surface area contributed by atoms with Crippen LogP contribution in [-0.4, -0.2) is 53.2 Å². The topological polar surface area (TPSA) is 131 Å². The molecule has 5 rings (SSSR count). The van der Waals surface area contributed by atoms with E-state index in [2.05, 4.69) is 30.9 Å². The van der Waals surface area contributed by atoms with Gasteiger partial charge in [-0.25, -0.2) is 18.1 Å². The number of fused-ring (bicyclic) bond motifs is 1. The summed E-state index contributed by atoms with van der Waals surface area (Å²) in [5, 5.41) is 18.2. The summed E-state index contributed by atoms with van der Waals surface area (Å²) in [4.78, 5) is 6.34. The van der Waals surface area contributed by atoms with Crippen LogP contribution in [0.4, 0.5) is 11.4 Å². The quantitative estimate of drug-likeness (QED) is 0.458. The normalized spacial score (nSPS) is 14.2. The summed E-state index contributed by atoms with van der Waals surface area (Å²) in [5.74, 6) is 0.873. The van der Waals surface area contributed by atoms with E-state index in [0.717, 1.165) is 11.1 Å². The average molecular weight is 465 g/mol. The molecule has 1 aliphatic rings. The Morgan fingerprint density at radius 2 is 2.03 bits per heavy atom. The fourth-order valence-electron chi connectivity index (χ4n) is 3.78. The number of sulfonamides is 1. The Labute approximate surface area is 189 Å². The zero-order valence-corrected chi connectivity index (χ0v) is 18.7. The van der Waals surface area contributed by atoms with Crippen LogP contribution in [0.3, 0.4) is 0 Å². The summed E-state index contributed by atoms with van der Waals surface area (Å²) < 4.78 is 37.4. The number of benzene rings is 1. The lowest BCUT2D eigenvalue weighted by Crippen LogP contribution is -2.46. The molecule has 0 atom stereocenters. The maximum Gasteiger partial charge on any atom is 0.265 e. The van der Waals surface area contributed by atoms with Gasteiger partial charge in [0, 0.05) is 43.5 Å². The highest BCUT2D eigenvalue weighted by atomic mass is 32.2. The number of nitrogens with one attached hydrogen (secondary N) is 1. The number of hydrogen-bond donors (Lipinski definition) is 1. The van der Waals surface area contributed by atoms with Crippen molar-refractivity contribution >= 4 is 32.3 Å². The Kier molecular flexibility index (Phi) is 4.90. The minimum Gasteiger partial charge on any atom is -0.494 e. The van der Waals surface area contributed by atoms with Crippen LogP contribution < -0.4 is 14.4 Å². The van der Waals surface area contributed by atoms with E-state index in [1.54, 1.807) is 30.2 Å². The van der Waals surface area contributed by atoms with Crippen LogP contribution in [0, 0.1) is 17.2 Å². The maximum atomic E-state index is 13.2. The van der Waals surface area contributed by atoms with E-state index in [-0.39, 0.29) is 10.8 Å². The third-order valence-corrected chi connectivity index (χ3v) is 6.89. The molecular formula is C21H20N8O3S. The first-order valence-electron chi connectivity index (χ1n) is 10.1. The molecule has 168 valence electrons. The van der Waals surface area contributed by atoms with Crippen molar-refractivity contribution < 1.29 is 13.2 Å². The molecule has 0 amide bonds. The predicted octanol–water partition coefficient (Wildman–Crippen LogP) is 1.92. The lowest BCUT2D eigenvalue weighted by Gasteiger charge is -2.37. The van der Waals surface area contributed by atoms with Crippen LogP contribution in [-0.2, 0) is 17.1 Å². The second-order valence-electron chi connectivity index (χ2n) is 7.68. The van der Waals surface area contributed by atoms with Gasteiger partial charge in [-0.1, -0.05) is 0 Å². The van der Waals surface area contributed by atoms with E-state index in [1.807, 2.05) is 18.2 Å². The Morgan fingerprint density at radius 1 is 1.21 bits per heavy atom. The zero-order chi connectivity index (χ0) is 23.2. The summed E-state index contributed by atoms with van der Waals surface area (Å²) in [7, 11) is -0.774. The lowest BCUT2D eigenvalue weighted by molar-refractivity contribution is 0.417. The molecule has 0 spiro atoms. The van der Waals surface area contributed by atoms with Gasteiger partial charge in [-0.3, -0.25) is 9.40 Å². The SMILES string of the molecule is COc1ccc2cnn(C)c2c1NS(=O)(=O)c1cnn(-c2cc(N3CC(C#N)C3)ccn2)c1. The number of aromatic nitrogens is 5. The van der Waals surface area contributed by atoms with Crippen molar-refractivity contribution in [1.82, 2.24) is 24.5 Å². The molecule has 0 radical (unpaired) electrons. The van der Waals surface area contributed by atoms with E-state index in [9.17, 15) is 8.42 Å². The van der Waals surface area contributed by atoms with E-state index >= 15 is 0 Å². The minimum atomic E-state index is -3.98. The third-order valence-electron chi connectivity index (χ3n) is 5.58. The standard InChI is InChI=1S/C21H20N8O3S/c1-27-21-15(9-24-27)3-4-18(32-2)20(21)26-33(30,31)17-10-25-29(13-17)19-7-16(5-6-23-19)28-11-14(8-22)12-28/h3-7,9-10,13-14,26H,11-12H2,1-2H3. The first kappa shape index (κ1) is 20.8. The Bertz CT molecular complexity index is 1500. The molecular weight excluding hydrogens is 444 g/mol. The van der Waals surface area contributed by atoms with E-state index in [4.69, 9.17) is 10.00 Å². The molecule has 4 heterocycles. The predicted molar refractivity (Wildman–Crippen MR) is 121 cm³/mol. The van der Waals surface area contributed by atoms with Gasteiger partial charge < -0.3 is 9.64 Å². The molecule has 11 nitrogen and oxygen atoms in total. The fraction of sp³-hybridized carbons (Fsp3) is 0.238. The van der Waals surface area contributed by atoms with Gasteiger partial charge in [0.05, 0.1) is 43.2 Å².